The van der Waals surface area contributed by atoms with Crippen LogP contribution in [-0.2, 0) is 9.59 Å². The lowest BCUT2D eigenvalue weighted by Crippen LogP contribution is -2.39. The van der Waals surface area contributed by atoms with Crippen LogP contribution in [0.5, 0.6) is 5.75 Å². The molecule has 0 bridgehead atoms. The highest BCUT2D eigenvalue weighted by atomic mass is 16.3. The Morgan fingerprint density at radius 1 is 1.24 bits per heavy atom. The average molecular weight is 236 g/mol. The second-order valence-corrected chi connectivity index (χ2v) is 3.45. The van der Waals surface area contributed by atoms with E-state index in [1.165, 1.54) is 17.0 Å². The first-order valence-electron chi connectivity index (χ1n) is 5.48. The molecule has 5 nitrogen and oxygen atoms in total. The molecule has 0 aliphatic rings. The first-order chi connectivity index (χ1) is 8.10. The van der Waals surface area contributed by atoms with Crippen LogP contribution in [-0.4, -0.2) is 34.9 Å². The van der Waals surface area contributed by atoms with Gasteiger partial charge in [-0.15, -0.1) is 0 Å². The van der Waals surface area contributed by atoms with Crippen molar-refractivity contribution in [1.29, 1.82) is 0 Å². The molecule has 1 aromatic rings. The summed E-state index contributed by atoms with van der Waals surface area (Å²) < 4.78 is 0. The van der Waals surface area contributed by atoms with Gasteiger partial charge in [0.05, 0.1) is 5.69 Å². The number of phenols is 1. The van der Waals surface area contributed by atoms with Crippen molar-refractivity contribution < 1.29 is 14.7 Å². The maximum atomic E-state index is 11.7. The number of carbonyl (C=O) groups excluding carboxylic acids is 2. The maximum absolute atomic E-state index is 11.7. The zero-order valence-electron chi connectivity index (χ0n) is 9.93. The fourth-order valence-corrected chi connectivity index (χ4v) is 1.41. The van der Waals surface area contributed by atoms with Gasteiger partial charge in [0.15, 0.2) is 0 Å². The number of nitrogens with one attached hydrogen (secondary N) is 1. The minimum Gasteiger partial charge on any atom is -0.506 e. The predicted molar refractivity (Wildman–Crippen MR) is 64.7 cm³/mol. The summed E-state index contributed by atoms with van der Waals surface area (Å²) in [6.07, 6.45) is 0. The molecule has 2 amide bonds. The third kappa shape index (κ3) is 3.21. The molecule has 1 aromatic carbocycles. The number of para-hydroxylation sites is 2. The van der Waals surface area contributed by atoms with Crippen LogP contribution < -0.4 is 5.32 Å². The van der Waals surface area contributed by atoms with Gasteiger partial charge in [-0.25, -0.2) is 0 Å². The van der Waals surface area contributed by atoms with Crippen molar-refractivity contribution in [2.24, 2.45) is 0 Å². The third-order valence-corrected chi connectivity index (χ3v) is 2.40. The number of anilines is 1. The molecule has 17 heavy (non-hydrogen) atoms. The van der Waals surface area contributed by atoms with Gasteiger partial charge in [-0.2, -0.15) is 0 Å². The van der Waals surface area contributed by atoms with Gasteiger partial charge in [-0.05, 0) is 26.0 Å². The highest BCUT2D eigenvalue weighted by molar-refractivity contribution is 6.39. The van der Waals surface area contributed by atoms with Crippen molar-refractivity contribution in [2.75, 3.05) is 18.4 Å². The Bertz CT molecular complexity index is 414. The van der Waals surface area contributed by atoms with E-state index >= 15 is 0 Å². The standard InChI is InChI=1S/C12H16N2O3/c1-3-14(4-2)12(17)11(16)13-9-7-5-6-8-10(9)15/h5-8,15H,3-4H2,1-2H3,(H,13,16). The summed E-state index contributed by atoms with van der Waals surface area (Å²) in [4.78, 5) is 24.7. The molecule has 1 rings (SSSR count). The molecule has 5 heteroatoms. The predicted octanol–water partition coefficient (Wildman–Crippen LogP) is 1.20. The number of amides is 2. The van der Waals surface area contributed by atoms with Gasteiger partial charge in [0.25, 0.3) is 0 Å². The monoisotopic (exact) mass is 236 g/mol. The van der Waals surface area contributed by atoms with E-state index in [2.05, 4.69) is 5.32 Å². The van der Waals surface area contributed by atoms with Crippen molar-refractivity contribution in [3.8, 4) is 5.75 Å². The Hall–Kier alpha value is -2.04. The number of hydrogen-bond donors (Lipinski definition) is 2. The van der Waals surface area contributed by atoms with Gasteiger partial charge >= 0.3 is 11.8 Å². The highest BCUT2D eigenvalue weighted by Crippen LogP contribution is 2.21. The fourth-order valence-electron chi connectivity index (χ4n) is 1.41. The van der Waals surface area contributed by atoms with Crippen LogP contribution in [0.15, 0.2) is 24.3 Å². The van der Waals surface area contributed by atoms with E-state index in [0.29, 0.717) is 13.1 Å². The Morgan fingerprint density at radius 3 is 2.35 bits per heavy atom. The van der Waals surface area contributed by atoms with E-state index in [-0.39, 0.29) is 11.4 Å². The molecule has 0 radical (unpaired) electrons. The number of benzene rings is 1. The van der Waals surface area contributed by atoms with Crippen molar-refractivity contribution in [2.45, 2.75) is 13.8 Å². The maximum Gasteiger partial charge on any atom is 0.314 e. The van der Waals surface area contributed by atoms with Gasteiger partial charge in [-0.1, -0.05) is 12.1 Å². The second kappa shape index (κ2) is 5.89. The average Bonchev–Trinajstić information content (AvgIpc) is 2.33. The molecule has 0 saturated heterocycles. The van der Waals surface area contributed by atoms with Gasteiger partial charge in [0.1, 0.15) is 5.75 Å². The minimum atomic E-state index is -0.741. The summed E-state index contributed by atoms with van der Waals surface area (Å²) in [7, 11) is 0. The number of likely N-dealkylation sites (N-methyl/N-ethyl adjacent to an activating group) is 1. The number of hydrogen-bond acceptors (Lipinski definition) is 3. The smallest absolute Gasteiger partial charge is 0.314 e. The molecule has 0 aliphatic heterocycles. The largest absolute Gasteiger partial charge is 0.506 e. The number of carbonyl (C=O) groups is 2. The number of aromatic hydroxyl groups is 1. The summed E-state index contributed by atoms with van der Waals surface area (Å²) in [6.45, 7) is 4.55. The SMILES string of the molecule is CCN(CC)C(=O)C(=O)Nc1ccccc1O. The van der Waals surface area contributed by atoms with Crippen LogP contribution in [0.4, 0.5) is 5.69 Å². The molecule has 0 spiro atoms. The van der Waals surface area contributed by atoms with Crippen LogP contribution in [0.1, 0.15) is 13.8 Å². The zero-order chi connectivity index (χ0) is 12.8. The van der Waals surface area contributed by atoms with Crippen LogP contribution in [0.3, 0.4) is 0 Å². The fraction of sp³-hybridized carbons (Fsp3) is 0.333. The van der Waals surface area contributed by atoms with E-state index in [4.69, 9.17) is 0 Å². The Labute approximate surface area is 100 Å². The minimum absolute atomic E-state index is 0.0619. The van der Waals surface area contributed by atoms with Crippen LogP contribution in [0, 0.1) is 0 Å². The lowest BCUT2D eigenvalue weighted by atomic mass is 10.3. The van der Waals surface area contributed by atoms with E-state index in [0.717, 1.165) is 0 Å². The van der Waals surface area contributed by atoms with Crippen molar-refractivity contribution in [3.63, 3.8) is 0 Å². The molecule has 0 saturated carbocycles. The second-order valence-electron chi connectivity index (χ2n) is 3.45. The van der Waals surface area contributed by atoms with Crippen molar-refractivity contribution in [3.05, 3.63) is 24.3 Å². The summed E-state index contributed by atoms with van der Waals surface area (Å²) in [5.74, 6) is -1.40. The van der Waals surface area contributed by atoms with Gasteiger partial charge < -0.3 is 15.3 Å². The molecule has 0 aromatic heterocycles. The molecule has 2 N–H and O–H groups in total. The zero-order valence-corrected chi connectivity index (χ0v) is 9.93. The normalized spacial score (nSPS) is 9.76. The summed E-state index contributed by atoms with van der Waals surface area (Å²) in [5, 5.41) is 11.8. The van der Waals surface area contributed by atoms with Gasteiger partial charge in [0.2, 0.25) is 0 Å². The number of nitrogens with zero attached hydrogens (tertiary/aromatic N) is 1. The van der Waals surface area contributed by atoms with Crippen molar-refractivity contribution >= 4 is 17.5 Å². The molecular weight excluding hydrogens is 220 g/mol. The van der Waals surface area contributed by atoms with E-state index in [1.807, 2.05) is 0 Å². The first kappa shape index (κ1) is 13.0. The molecule has 0 heterocycles. The third-order valence-electron chi connectivity index (χ3n) is 2.40. The van der Waals surface area contributed by atoms with Crippen LogP contribution in [0.2, 0.25) is 0 Å². The van der Waals surface area contributed by atoms with E-state index in [9.17, 15) is 14.7 Å². The van der Waals surface area contributed by atoms with E-state index < -0.39 is 11.8 Å². The van der Waals surface area contributed by atoms with Gasteiger partial charge in [0, 0.05) is 13.1 Å². The van der Waals surface area contributed by atoms with Crippen molar-refractivity contribution in [1.82, 2.24) is 4.90 Å². The quantitative estimate of drug-likeness (QED) is 0.612. The summed E-state index contributed by atoms with van der Waals surface area (Å²) >= 11 is 0. The topological polar surface area (TPSA) is 69.6 Å². The highest BCUT2D eigenvalue weighted by Gasteiger charge is 2.19. The number of rotatable bonds is 3. The van der Waals surface area contributed by atoms with Crippen LogP contribution in [0.25, 0.3) is 0 Å². The molecule has 0 atom stereocenters. The molecule has 0 unspecified atom stereocenters. The molecular formula is C12H16N2O3. The summed E-state index contributed by atoms with van der Waals surface area (Å²) in [6, 6.07) is 6.27. The lowest BCUT2D eigenvalue weighted by molar-refractivity contribution is -0.142. The summed E-state index contributed by atoms with van der Waals surface area (Å²) in [5.41, 5.74) is 0.234. The molecule has 0 aliphatic carbocycles. The molecule has 92 valence electrons. The van der Waals surface area contributed by atoms with Crippen LogP contribution >= 0.6 is 0 Å². The Kier molecular flexibility index (Phi) is 4.51. The first-order valence-corrected chi connectivity index (χ1v) is 5.48. The Morgan fingerprint density at radius 2 is 1.82 bits per heavy atom. The van der Waals surface area contributed by atoms with Gasteiger partial charge in [-0.3, -0.25) is 9.59 Å². The Balaban J connectivity index is 2.73. The molecule has 0 fully saturated rings. The van der Waals surface area contributed by atoms with E-state index in [1.54, 1.807) is 26.0 Å². The number of phenolic OH excluding ortho intramolecular Hbond substituents is 1. The lowest BCUT2D eigenvalue weighted by Gasteiger charge is -2.17.